The van der Waals surface area contributed by atoms with Crippen molar-refractivity contribution in [3.8, 4) is 0 Å². The van der Waals surface area contributed by atoms with E-state index in [4.69, 9.17) is 4.42 Å². The van der Waals surface area contributed by atoms with Gasteiger partial charge in [-0.05, 0) is 44.5 Å². The van der Waals surface area contributed by atoms with E-state index in [-0.39, 0.29) is 5.78 Å². The summed E-state index contributed by atoms with van der Waals surface area (Å²) < 4.78 is 9.62. The van der Waals surface area contributed by atoms with E-state index in [1.54, 1.807) is 6.26 Å². The van der Waals surface area contributed by atoms with E-state index < -0.39 is 0 Å². The third-order valence-corrected chi connectivity index (χ3v) is 4.80. The van der Waals surface area contributed by atoms with Crippen LogP contribution in [0.4, 0.5) is 0 Å². The molecular weight excluding hydrogens is 312 g/mol. The number of ketones is 1. The zero-order chi connectivity index (χ0) is 18.0. The number of aromatic nitrogens is 2. The third kappa shape index (κ3) is 3.58. The van der Waals surface area contributed by atoms with Gasteiger partial charge in [-0.3, -0.25) is 4.79 Å². The molecule has 0 N–H and O–H groups in total. The molecule has 0 aliphatic rings. The number of Topliss-reactive ketones (excluding diaryl/α,β-unsaturated/α-hetero) is 1. The lowest BCUT2D eigenvalue weighted by Gasteiger charge is -2.07. The van der Waals surface area contributed by atoms with Gasteiger partial charge < -0.3 is 8.98 Å². The van der Waals surface area contributed by atoms with Gasteiger partial charge in [-0.15, -0.1) is 0 Å². The second kappa shape index (κ2) is 7.09. The first-order valence-corrected chi connectivity index (χ1v) is 8.71. The maximum absolute atomic E-state index is 12.9. The van der Waals surface area contributed by atoms with Gasteiger partial charge in [0, 0.05) is 35.5 Å². The summed E-state index contributed by atoms with van der Waals surface area (Å²) in [6.07, 6.45) is 4.72. The standard InChI is InChI=1S/C21H25N2O2/c1-5-18-9-8-15(2)22(12-18)14-21(24)20-11-16(3)23(17(20)4)13-19-7-6-10-25-19/h6-12H,5,13-14H2,1-4H3/q+1. The minimum absolute atomic E-state index is 0.139. The van der Waals surface area contributed by atoms with Crippen LogP contribution in [0.2, 0.25) is 0 Å². The Morgan fingerprint density at radius 1 is 1.20 bits per heavy atom. The molecule has 4 nitrogen and oxygen atoms in total. The molecule has 0 aliphatic heterocycles. The van der Waals surface area contributed by atoms with Crippen molar-refractivity contribution in [2.45, 2.75) is 47.2 Å². The second-order valence-electron chi connectivity index (χ2n) is 6.53. The largest absolute Gasteiger partial charge is 0.467 e. The van der Waals surface area contributed by atoms with E-state index in [0.717, 1.165) is 34.8 Å². The van der Waals surface area contributed by atoms with Crippen LogP contribution >= 0.6 is 0 Å². The number of rotatable bonds is 6. The van der Waals surface area contributed by atoms with E-state index in [1.807, 2.05) is 43.5 Å². The van der Waals surface area contributed by atoms with Crippen LogP contribution in [-0.2, 0) is 19.5 Å². The van der Waals surface area contributed by atoms with Crippen molar-refractivity contribution in [1.82, 2.24) is 4.57 Å². The van der Waals surface area contributed by atoms with E-state index in [0.29, 0.717) is 13.1 Å². The molecule has 0 bridgehead atoms. The van der Waals surface area contributed by atoms with Gasteiger partial charge in [0.2, 0.25) is 12.3 Å². The van der Waals surface area contributed by atoms with Crippen LogP contribution in [0.15, 0.2) is 47.2 Å². The van der Waals surface area contributed by atoms with Gasteiger partial charge in [0.1, 0.15) is 5.76 Å². The monoisotopic (exact) mass is 337 g/mol. The van der Waals surface area contributed by atoms with Gasteiger partial charge in [-0.25, -0.2) is 0 Å². The predicted molar refractivity (Wildman–Crippen MR) is 96.8 cm³/mol. The molecule has 0 saturated heterocycles. The molecule has 4 heteroatoms. The van der Waals surface area contributed by atoms with Gasteiger partial charge in [0.05, 0.1) is 12.8 Å². The van der Waals surface area contributed by atoms with Crippen LogP contribution in [0.1, 0.15) is 45.7 Å². The lowest BCUT2D eigenvalue weighted by Crippen LogP contribution is -2.41. The highest BCUT2D eigenvalue weighted by molar-refractivity contribution is 5.96. The van der Waals surface area contributed by atoms with Gasteiger partial charge in [-0.2, -0.15) is 4.57 Å². The fourth-order valence-corrected chi connectivity index (χ4v) is 3.17. The van der Waals surface area contributed by atoms with Crippen molar-refractivity contribution in [3.05, 3.63) is 76.8 Å². The molecule has 3 rings (SSSR count). The second-order valence-corrected chi connectivity index (χ2v) is 6.53. The van der Waals surface area contributed by atoms with Crippen molar-refractivity contribution >= 4 is 5.78 Å². The number of carbonyl (C=O) groups is 1. The Hall–Kier alpha value is -2.62. The molecule has 0 spiro atoms. The first kappa shape index (κ1) is 17.2. The lowest BCUT2D eigenvalue weighted by molar-refractivity contribution is -0.689. The number of carbonyl (C=O) groups excluding carboxylic acids is 1. The minimum atomic E-state index is 0.139. The van der Waals surface area contributed by atoms with Gasteiger partial charge in [0.15, 0.2) is 11.9 Å². The summed E-state index contributed by atoms with van der Waals surface area (Å²) in [6, 6.07) is 10.0. The van der Waals surface area contributed by atoms with E-state index in [9.17, 15) is 4.79 Å². The molecule has 25 heavy (non-hydrogen) atoms. The van der Waals surface area contributed by atoms with Crippen molar-refractivity contribution in [2.24, 2.45) is 0 Å². The van der Waals surface area contributed by atoms with Crippen LogP contribution in [-0.4, -0.2) is 10.4 Å². The number of nitrogens with zero attached hydrogens (tertiary/aromatic N) is 2. The Morgan fingerprint density at radius 3 is 2.68 bits per heavy atom. The molecule has 0 aliphatic carbocycles. The molecule has 130 valence electrons. The molecule has 0 fully saturated rings. The maximum Gasteiger partial charge on any atom is 0.229 e. The van der Waals surface area contributed by atoms with Crippen LogP contribution in [0.5, 0.6) is 0 Å². The predicted octanol–water partition coefficient (Wildman–Crippen LogP) is 3.79. The fraction of sp³-hybridized carbons (Fsp3) is 0.333. The number of hydrogen-bond acceptors (Lipinski definition) is 2. The smallest absolute Gasteiger partial charge is 0.229 e. The third-order valence-electron chi connectivity index (χ3n) is 4.80. The number of furan rings is 1. The van der Waals surface area contributed by atoms with Crippen molar-refractivity contribution in [2.75, 3.05) is 0 Å². The Labute approximate surface area is 148 Å². The normalized spacial score (nSPS) is 11.0. The molecule has 3 heterocycles. The van der Waals surface area contributed by atoms with Gasteiger partial charge in [0.25, 0.3) is 0 Å². The first-order valence-electron chi connectivity index (χ1n) is 8.71. The summed E-state index contributed by atoms with van der Waals surface area (Å²) >= 11 is 0. The number of aryl methyl sites for hydroxylation is 3. The molecule has 0 saturated carbocycles. The SMILES string of the molecule is CCc1ccc(C)[n+](CC(=O)c2cc(C)n(Cc3ccco3)c2C)c1. The van der Waals surface area contributed by atoms with Crippen molar-refractivity contribution in [3.63, 3.8) is 0 Å². The van der Waals surface area contributed by atoms with Crippen molar-refractivity contribution in [1.29, 1.82) is 0 Å². The van der Waals surface area contributed by atoms with Crippen LogP contribution in [0, 0.1) is 20.8 Å². The molecule has 0 radical (unpaired) electrons. The van der Waals surface area contributed by atoms with E-state index >= 15 is 0 Å². The molecule has 3 aromatic rings. The molecule has 3 aromatic heterocycles. The zero-order valence-electron chi connectivity index (χ0n) is 15.4. The lowest BCUT2D eigenvalue weighted by atomic mass is 10.1. The zero-order valence-corrected chi connectivity index (χ0v) is 15.4. The molecule has 0 atom stereocenters. The summed E-state index contributed by atoms with van der Waals surface area (Å²) in [7, 11) is 0. The Morgan fingerprint density at radius 2 is 2.00 bits per heavy atom. The molecule has 0 amide bonds. The quantitative estimate of drug-likeness (QED) is 0.507. The minimum Gasteiger partial charge on any atom is -0.467 e. The number of hydrogen-bond donors (Lipinski definition) is 0. The van der Waals surface area contributed by atoms with Crippen molar-refractivity contribution < 1.29 is 13.8 Å². The summed E-state index contributed by atoms with van der Waals surface area (Å²) in [5.74, 6) is 1.03. The summed E-state index contributed by atoms with van der Waals surface area (Å²) in [6.45, 7) is 9.21. The Kier molecular flexibility index (Phi) is 4.88. The fourth-order valence-electron chi connectivity index (χ4n) is 3.17. The van der Waals surface area contributed by atoms with E-state index in [1.165, 1.54) is 5.56 Å². The Bertz CT molecular complexity index is 889. The average Bonchev–Trinajstić information content (AvgIpc) is 3.20. The first-order chi connectivity index (χ1) is 12.0. The highest BCUT2D eigenvalue weighted by Gasteiger charge is 2.21. The summed E-state index contributed by atoms with van der Waals surface area (Å²) in [5.41, 5.74) is 5.18. The topological polar surface area (TPSA) is 39.0 Å². The van der Waals surface area contributed by atoms with Crippen LogP contribution in [0.25, 0.3) is 0 Å². The highest BCUT2D eigenvalue weighted by Crippen LogP contribution is 2.18. The van der Waals surface area contributed by atoms with Crippen LogP contribution < -0.4 is 4.57 Å². The highest BCUT2D eigenvalue weighted by atomic mass is 16.3. The van der Waals surface area contributed by atoms with Crippen LogP contribution in [0.3, 0.4) is 0 Å². The molecule has 0 aromatic carbocycles. The molecular formula is C21H25N2O2+. The summed E-state index contributed by atoms with van der Waals surface area (Å²) in [4.78, 5) is 12.9. The summed E-state index contributed by atoms with van der Waals surface area (Å²) in [5, 5.41) is 0. The Balaban J connectivity index is 1.86. The van der Waals surface area contributed by atoms with Gasteiger partial charge >= 0.3 is 0 Å². The maximum atomic E-state index is 12.9. The number of pyridine rings is 1. The average molecular weight is 337 g/mol. The van der Waals surface area contributed by atoms with Gasteiger partial charge in [-0.1, -0.05) is 6.92 Å². The molecule has 0 unspecified atom stereocenters. The van der Waals surface area contributed by atoms with E-state index in [2.05, 4.69) is 29.8 Å².